The minimum Gasteiger partial charge on any atom is -0.503 e. The molecule has 0 spiro atoms. The van der Waals surface area contributed by atoms with Gasteiger partial charge in [0.2, 0.25) is 11.8 Å². The molecule has 2 aromatic rings. The Morgan fingerprint density at radius 3 is 2.83 bits per heavy atom. The second kappa shape index (κ2) is 7.20. The molecule has 1 fully saturated rings. The summed E-state index contributed by atoms with van der Waals surface area (Å²) in [7, 11) is 3.34. The molecule has 0 saturated carbocycles. The summed E-state index contributed by atoms with van der Waals surface area (Å²) in [6, 6.07) is 4.26. The van der Waals surface area contributed by atoms with Crippen LogP contribution in [-0.2, 0) is 0 Å². The van der Waals surface area contributed by atoms with Gasteiger partial charge in [0.05, 0.1) is 13.3 Å². The molecule has 0 radical (unpaired) electrons. The van der Waals surface area contributed by atoms with Crippen LogP contribution in [-0.4, -0.2) is 53.3 Å². The average Bonchev–Trinajstić information content (AvgIpc) is 2.64. The van der Waals surface area contributed by atoms with Gasteiger partial charge >= 0.3 is 0 Å². The maximum absolute atomic E-state index is 9.61. The van der Waals surface area contributed by atoms with E-state index in [1.165, 1.54) is 6.20 Å². The van der Waals surface area contributed by atoms with Crippen LogP contribution in [0.4, 0.5) is 17.5 Å². The van der Waals surface area contributed by atoms with E-state index in [2.05, 4.69) is 30.5 Å². The lowest BCUT2D eigenvalue weighted by Gasteiger charge is -2.34. The lowest BCUT2D eigenvalue weighted by atomic mass is 10.0. The van der Waals surface area contributed by atoms with Gasteiger partial charge in [0, 0.05) is 45.6 Å². The van der Waals surface area contributed by atoms with Crippen molar-refractivity contribution >= 4 is 17.5 Å². The van der Waals surface area contributed by atoms with E-state index in [1.54, 1.807) is 20.4 Å². The summed E-state index contributed by atoms with van der Waals surface area (Å²) in [6.45, 7) is 1.86. The van der Waals surface area contributed by atoms with Gasteiger partial charge in [-0.05, 0) is 18.9 Å². The van der Waals surface area contributed by atoms with E-state index in [9.17, 15) is 5.11 Å². The summed E-state index contributed by atoms with van der Waals surface area (Å²) in [5.41, 5.74) is 1.12. The Bertz CT molecular complexity index is 694. The zero-order valence-electron chi connectivity index (χ0n) is 13.9. The van der Waals surface area contributed by atoms with Crippen LogP contribution >= 0.6 is 0 Å². The Kier molecular flexibility index (Phi) is 4.83. The highest BCUT2D eigenvalue weighted by Gasteiger charge is 2.20. The number of anilines is 3. The molecule has 8 heteroatoms. The lowest BCUT2D eigenvalue weighted by molar-refractivity contribution is 0.397. The lowest BCUT2D eigenvalue weighted by Crippen LogP contribution is -2.39. The smallest absolute Gasteiger partial charge is 0.225 e. The first-order valence-corrected chi connectivity index (χ1v) is 7.95. The molecular formula is C16H24N6O2. The van der Waals surface area contributed by atoms with Crippen LogP contribution in [0, 0.1) is 0 Å². The first kappa shape index (κ1) is 16.1. The zero-order chi connectivity index (χ0) is 16.9. The summed E-state index contributed by atoms with van der Waals surface area (Å²) in [5.74, 6) is 1.63. The van der Waals surface area contributed by atoms with Crippen molar-refractivity contribution in [3.8, 4) is 11.6 Å². The molecule has 8 nitrogen and oxygen atoms in total. The number of nitrogens with zero attached hydrogens (tertiary/aromatic N) is 4. The number of aromatic nitrogens is 3. The van der Waals surface area contributed by atoms with Crippen molar-refractivity contribution in [1.82, 2.24) is 15.0 Å². The summed E-state index contributed by atoms with van der Waals surface area (Å²) < 4.78 is 5.18. The molecule has 1 aliphatic heterocycles. The van der Waals surface area contributed by atoms with Gasteiger partial charge in [-0.2, -0.15) is 4.98 Å². The molecule has 3 heterocycles. The topological polar surface area (TPSA) is 95.4 Å². The SMILES string of the molecule is CNc1nc(NC2CCN(c3ccnc(OC)c3)CC2)ncc1O.[HH]. The minimum atomic E-state index is 0. The number of piperidine rings is 1. The fourth-order valence-electron chi connectivity index (χ4n) is 2.80. The maximum Gasteiger partial charge on any atom is 0.225 e. The number of aromatic hydroxyl groups is 1. The van der Waals surface area contributed by atoms with Crippen LogP contribution in [0.5, 0.6) is 11.6 Å². The maximum atomic E-state index is 9.61. The molecule has 1 saturated heterocycles. The molecule has 24 heavy (non-hydrogen) atoms. The highest BCUT2D eigenvalue weighted by Crippen LogP contribution is 2.24. The quantitative estimate of drug-likeness (QED) is 0.765. The van der Waals surface area contributed by atoms with Crippen molar-refractivity contribution < 1.29 is 11.3 Å². The third kappa shape index (κ3) is 3.58. The van der Waals surface area contributed by atoms with Crippen molar-refractivity contribution in [1.29, 1.82) is 0 Å². The largest absolute Gasteiger partial charge is 0.503 e. The van der Waals surface area contributed by atoms with Crippen LogP contribution in [0.2, 0.25) is 0 Å². The van der Waals surface area contributed by atoms with Gasteiger partial charge in [0.1, 0.15) is 0 Å². The normalized spacial score (nSPS) is 15.2. The number of methoxy groups -OCH3 is 1. The van der Waals surface area contributed by atoms with Crippen LogP contribution in [0.25, 0.3) is 0 Å². The molecule has 0 amide bonds. The fraction of sp³-hybridized carbons (Fsp3) is 0.438. The highest BCUT2D eigenvalue weighted by atomic mass is 16.5. The Labute approximate surface area is 142 Å². The third-order valence-corrected chi connectivity index (χ3v) is 4.13. The molecule has 0 aliphatic carbocycles. The molecule has 2 aromatic heterocycles. The second-order valence-electron chi connectivity index (χ2n) is 5.64. The Morgan fingerprint density at radius 2 is 2.12 bits per heavy atom. The number of pyridine rings is 1. The number of hydrogen-bond donors (Lipinski definition) is 3. The standard InChI is InChI=1S/C16H22N6O2.H2/c1-17-15-13(23)10-19-16(21-15)20-11-4-7-22(8-5-11)12-3-6-18-14(9-12)24-2;/h3,6,9-11,23H,4-5,7-8H2,1-2H3,(H2,17,19,20,21);1H. The molecule has 3 N–H and O–H groups in total. The van der Waals surface area contributed by atoms with E-state index in [0.717, 1.165) is 31.6 Å². The van der Waals surface area contributed by atoms with Gasteiger partial charge < -0.3 is 25.4 Å². The molecule has 0 bridgehead atoms. The van der Waals surface area contributed by atoms with Crippen LogP contribution < -0.4 is 20.3 Å². The number of ether oxygens (including phenoxy) is 1. The van der Waals surface area contributed by atoms with Gasteiger partial charge in [0.15, 0.2) is 11.6 Å². The van der Waals surface area contributed by atoms with E-state index < -0.39 is 0 Å². The van der Waals surface area contributed by atoms with E-state index >= 15 is 0 Å². The fourth-order valence-corrected chi connectivity index (χ4v) is 2.80. The van der Waals surface area contributed by atoms with Gasteiger partial charge in [-0.25, -0.2) is 9.97 Å². The van der Waals surface area contributed by atoms with Crippen LogP contribution in [0.1, 0.15) is 14.3 Å². The summed E-state index contributed by atoms with van der Waals surface area (Å²) in [4.78, 5) is 14.9. The Hall–Kier alpha value is -2.77. The highest BCUT2D eigenvalue weighted by molar-refractivity contribution is 5.51. The van der Waals surface area contributed by atoms with Gasteiger partial charge in [0.25, 0.3) is 0 Å². The summed E-state index contributed by atoms with van der Waals surface area (Å²) in [6.07, 6.45) is 5.12. The third-order valence-electron chi connectivity index (χ3n) is 4.13. The molecule has 3 rings (SSSR count). The van der Waals surface area contributed by atoms with Crippen molar-refractivity contribution in [2.24, 2.45) is 0 Å². The van der Waals surface area contributed by atoms with Crippen molar-refractivity contribution in [3.63, 3.8) is 0 Å². The van der Waals surface area contributed by atoms with Crippen LogP contribution in [0.3, 0.4) is 0 Å². The van der Waals surface area contributed by atoms with E-state index in [1.807, 2.05) is 12.1 Å². The van der Waals surface area contributed by atoms with Gasteiger partial charge in [-0.3, -0.25) is 0 Å². The van der Waals surface area contributed by atoms with E-state index in [0.29, 0.717) is 23.7 Å². The predicted molar refractivity (Wildman–Crippen MR) is 95.0 cm³/mol. The number of hydrogen-bond acceptors (Lipinski definition) is 8. The second-order valence-corrected chi connectivity index (χ2v) is 5.64. The molecule has 0 aromatic carbocycles. The molecule has 0 unspecified atom stereocenters. The number of nitrogens with one attached hydrogen (secondary N) is 2. The van der Waals surface area contributed by atoms with Crippen molar-refractivity contribution in [2.75, 3.05) is 42.8 Å². The average molecular weight is 332 g/mol. The summed E-state index contributed by atoms with van der Waals surface area (Å²) >= 11 is 0. The van der Waals surface area contributed by atoms with Gasteiger partial charge in [-0.15, -0.1) is 0 Å². The molecule has 130 valence electrons. The molecule has 0 atom stereocenters. The monoisotopic (exact) mass is 332 g/mol. The summed E-state index contributed by atoms with van der Waals surface area (Å²) in [5, 5.41) is 15.8. The zero-order valence-corrected chi connectivity index (χ0v) is 13.9. The first-order valence-electron chi connectivity index (χ1n) is 7.95. The molecule has 1 aliphatic rings. The first-order chi connectivity index (χ1) is 11.7. The minimum absolute atomic E-state index is 0. The Morgan fingerprint density at radius 1 is 1.33 bits per heavy atom. The van der Waals surface area contributed by atoms with Crippen LogP contribution in [0.15, 0.2) is 24.5 Å². The van der Waals surface area contributed by atoms with Crippen molar-refractivity contribution in [3.05, 3.63) is 24.5 Å². The van der Waals surface area contributed by atoms with E-state index in [4.69, 9.17) is 4.74 Å². The van der Waals surface area contributed by atoms with E-state index in [-0.39, 0.29) is 7.18 Å². The van der Waals surface area contributed by atoms with Crippen molar-refractivity contribution in [2.45, 2.75) is 18.9 Å². The predicted octanol–water partition coefficient (Wildman–Crippen LogP) is 1.95. The van der Waals surface area contributed by atoms with Gasteiger partial charge in [-0.1, -0.05) is 0 Å². The Balaban J connectivity index is 0.00000225. The molecular weight excluding hydrogens is 308 g/mol. The number of rotatable bonds is 5.